The number of morpholine rings is 1. The van der Waals surface area contributed by atoms with Crippen LogP contribution in [0.3, 0.4) is 0 Å². The number of imidazole rings is 1. The summed E-state index contributed by atoms with van der Waals surface area (Å²) in [6, 6.07) is 15.1. The predicted molar refractivity (Wildman–Crippen MR) is 151 cm³/mol. The Balaban J connectivity index is 1.32. The Morgan fingerprint density at radius 3 is 2.69 bits per heavy atom. The highest BCUT2D eigenvalue weighted by Gasteiger charge is 2.24. The lowest BCUT2D eigenvalue weighted by Crippen LogP contribution is -2.39. The summed E-state index contributed by atoms with van der Waals surface area (Å²) in [4.78, 5) is 19.7. The molecule has 4 N–H and O–H groups in total. The maximum atomic E-state index is 12.6. The largest absolute Gasteiger partial charge is 0.506 e. The summed E-state index contributed by atoms with van der Waals surface area (Å²) in [6.07, 6.45) is 3.91. The number of nitrogens with zero attached hydrogens (tertiary/aromatic N) is 4. The van der Waals surface area contributed by atoms with Crippen LogP contribution in [0.15, 0.2) is 54.7 Å². The topological polar surface area (TPSA) is 116 Å². The number of aromatic hydroxyl groups is 1. The number of anilines is 3. The third kappa shape index (κ3) is 5.67. The number of rotatable bonds is 9. The van der Waals surface area contributed by atoms with E-state index in [2.05, 4.69) is 20.9 Å². The molecule has 2 fully saturated rings. The molecule has 1 aliphatic heterocycles. The zero-order valence-corrected chi connectivity index (χ0v) is 22.0. The summed E-state index contributed by atoms with van der Waals surface area (Å²) >= 11 is 0. The van der Waals surface area contributed by atoms with Crippen molar-refractivity contribution in [2.24, 2.45) is 0 Å². The molecule has 0 atom stereocenters. The van der Waals surface area contributed by atoms with Crippen molar-refractivity contribution in [3.63, 3.8) is 0 Å². The Hall–Kier alpha value is -4.15. The Morgan fingerprint density at radius 2 is 1.92 bits per heavy atom. The molecule has 0 unspecified atom stereocenters. The molecule has 0 spiro atoms. The van der Waals surface area contributed by atoms with Gasteiger partial charge in [0.15, 0.2) is 11.5 Å². The van der Waals surface area contributed by atoms with Gasteiger partial charge in [-0.15, -0.1) is 5.10 Å². The van der Waals surface area contributed by atoms with Crippen molar-refractivity contribution in [3.05, 3.63) is 65.9 Å². The number of para-hydroxylation sites is 2. The van der Waals surface area contributed by atoms with Gasteiger partial charge >= 0.3 is 0 Å². The molecule has 0 bridgehead atoms. The van der Waals surface area contributed by atoms with E-state index in [0.717, 1.165) is 74.7 Å². The average Bonchev–Trinajstić information content (AvgIpc) is 3.65. The fourth-order valence-corrected chi connectivity index (χ4v) is 4.82. The second-order valence-electron chi connectivity index (χ2n) is 10.1. The van der Waals surface area contributed by atoms with Crippen molar-refractivity contribution in [2.75, 3.05) is 50.0 Å². The quantitative estimate of drug-likeness (QED) is 0.243. The number of phenolic OH excluding ortho intramolecular Hbond substituents is 1. The third-order valence-electron chi connectivity index (χ3n) is 7.16. The molecule has 4 aromatic rings. The third-order valence-corrected chi connectivity index (χ3v) is 7.16. The van der Waals surface area contributed by atoms with Crippen LogP contribution in [0.2, 0.25) is 0 Å². The van der Waals surface area contributed by atoms with Gasteiger partial charge in [0.25, 0.3) is 5.91 Å². The number of nitrogens with one attached hydrogen (secondary N) is 3. The van der Waals surface area contributed by atoms with Gasteiger partial charge in [-0.1, -0.05) is 18.2 Å². The van der Waals surface area contributed by atoms with Gasteiger partial charge in [-0.2, -0.15) is 0 Å². The minimum Gasteiger partial charge on any atom is -0.506 e. The zero-order valence-electron chi connectivity index (χ0n) is 22.0. The number of ether oxygens (including phenoxy) is 1. The first-order valence-corrected chi connectivity index (χ1v) is 13.4. The Labute approximate surface area is 227 Å². The molecule has 1 saturated carbocycles. The monoisotopic (exact) mass is 527 g/mol. The number of carbonyl (C=O) groups is 1. The number of hydrogen-bond acceptors (Lipinski definition) is 8. The molecule has 1 amide bonds. The van der Waals surface area contributed by atoms with Crippen LogP contribution in [-0.4, -0.2) is 75.9 Å². The van der Waals surface area contributed by atoms with Gasteiger partial charge in [-0.3, -0.25) is 9.69 Å². The van der Waals surface area contributed by atoms with Crippen molar-refractivity contribution in [3.8, 4) is 17.0 Å². The highest BCUT2D eigenvalue weighted by molar-refractivity contribution is 5.96. The molecule has 10 nitrogen and oxygen atoms in total. The number of hydrogen-bond donors (Lipinski definition) is 4. The molecule has 2 aromatic carbocycles. The first-order chi connectivity index (χ1) is 19.0. The highest BCUT2D eigenvalue weighted by atomic mass is 16.5. The summed E-state index contributed by atoms with van der Waals surface area (Å²) in [6.45, 7) is 6.95. The van der Waals surface area contributed by atoms with E-state index in [0.29, 0.717) is 28.8 Å². The van der Waals surface area contributed by atoms with E-state index >= 15 is 0 Å². The Kier molecular flexibility index (Phi) is 7.04. The lowest BCUT2D eigenvalue weighted by Gasteiger charge is -2.26. The van der Waals surface area contributed by atoms with Crippen LogP contribution in [0.25, 0.3) is 16.9 Å². The summed E-state index contributed by atoms with van der Waals surface area (Å²) in [7, 11) is 0. The van der Waals surface area contributed by atoms with Crippen LogP contribution in [0.4, 0.5) is 17.2 Å². The number of aryl methyl sites for hydroxylation is 1. The van der Waals surface area contributed by atoms with Crippen LogP contribution in [0, 0.1) is 6.92 Å². The van der Waals surface area contributed by atoms with Gasteiger partial charge in [0.05, 0.1) is 36.5 Å². The van der Waals surface area contributed by atoms with E-state index in [4.69, 9.17) is 14.8 Å². The van der Waals surface area contributed by atoms with E-state index in [1.54, 1.807) is 28.9 Å². The van der Waals surface area contributed by atoms with Gasteiger partial charge in [0.1, 0.15) is 5.75 Å². The van der Waals surface area contributed by atoms with E-state index in [1.807, 2.05) is 37.3 Å². The predicted octanol–water partition coefficient (Wildman–Crippen LogP) is 3.79. The second-order valence-corrected chi connectivity index (χ2v) is 10.1. The molecule has 0 radical (unpaired) electrons. The van der Waals surface area contributed by atoms with E-state index < -0.39 is 0 Å². The zero-order chi connectivity index (χ0) is 26.8. The fourth-order valence-electron chi connectivity index (χ4n) is 4.82. The lowest BCUT2D eigenvalue weighted by molar-refractivity contribution is 0.0398. The van der Waals surface area contributed by atoms with Crippen molar-refractivity contribution in [2.45, 2.75) is 25.8 Å². The molecule has 202 valence electrons. The number of carbonyl (C=O) groups excluding carboxylic acids is 1. The van der Waals surface area contributed by atoms with Crippen LogP contribution >= 0.6 is 0 Å². The number of benzene rings is 2. The summed E-state index contributed by atoms with van der Waals surface area (Å²) < 4.78 is 7.27. The summed E-state index contributed by atoms with van der Waals surface area (Å²) in [5, 5.41) is 25.0. The summed E-state index contributed by atoms with van der Waals surface area (Å²) in [5.74, 6) is 0.677. The van der Waals surface area contributed by atoms with E-state index in [9.17, 15) is 9.90 Å². The number of aromatic nitrogens is 3. The number of amides is 1. The second kappa shape index (κ2) is 10.9. The van der Waals surface area contributed by atoms with Crippen molar-refractivity contribution < 1.29 is 14.6 Å². The normalized spacial score (nSPS) is 15.8. The van der Waals surface area contributed by atoms with E-state index in [-0.39, 0.29) is 11.7 Å². The van der Waals surface area contributed by atoms with Crippen molar-refractivity contribution in [1.82, 2.24) is 24.8 Å². The SMILES string of the molecule is Cc1cc(-c2cnc3c(NCCN4CCOCC4)cc(Nc4ccccc4O)nn23)ccc1C(=O)NC1CC1. The van der Waals surface area contributed by atoms with Gasteiger partial charge in [-0.05, 0) is 49.6 Å². The van der Waals surface area contributed by atoms with Crippen LogP contribution in [-0.2, 0) is 4.74 Å². The molecule has 1 saturated heterocycles. The van der Waals surface area contributed by atoms with Gasteiger partial charge in [0.2, 0.25) is 0 Å². The molecule has 1 aliphatic carbocycles. The minimum absolute atomic E-state index is 0.0290. The molecule has 6 rings (SSSR count). The molecule has 10 heteroatoms. The first kappa shape index (κ1) is 25.1. The average molecular weight is 528 g/mol. The summed E-state index contributed by atoms with van der Waals surface area (Å²) in [5.41, 5.74) is 5.39. The van der Waals surface area contributed by atoms with Crippen molar-refractivity contribution in [1.29, 1.82) is 0 Å². The Bertz CT molecular complexity index is 1490. The van der Waals surface area contributed by atoms with Crippen LogP contribution in [0.1, 0.15) is 28.8 Å². The molecule has 2 aromatic heterocycles. The standard InChI is InChI=1S/C29H33N7O3/c1-19-16-20(6-9-22(19)29(38)32-21-7-8-21)25-18-31-28-24(30-10-11-35-12-14-39-15-13-35)17-27(34-36(25)28)33-23-4-2-3-5-26(23)37/h2-6,9,16-18,21,30,37H,7-8,10-15H2,1H3,(H,32,38)(H,33,34). The van der Waals surface area contributed by atoms with Gasteiger partial charge < -0.3 is 25.8 Å². The van der Waals surface area contributed by atoms with E-state index in [1.165, 1.54) is 0 Å². The minimum atomic E-state index is -0.0290. The number of phenols is 1. The van der Waals surface area contributed by atoms with Crippen LogP contribution in [0.5, 0.6) is 5.75 Å². The smallest absolute Gasteiger partial charge is 0.251 e. The van der Waals surface area contributed by atoms with Crippen molar-refractivity contribution >= 4 is 28.7 Å². The molecule has 3 heterocycles. The molecular formula is C29H33N7O3. The highest BCUT2D eigenvalue weighted by Crippen LogP contribution is 2.30. The first-order valence-electron chi connectivity index (χ1n) is 13.4. The maximum Gasteiger partial charge on any atom is 0.251 e. The number of fused-ring (bicyclic) bond motifs is 1. The Morgan fingerprint density at radius 1 is 1.10 bits per heavy atom. The lowest BCUT2D eigenvalue weighted by atomic mass is 10.0. The van der Waals surface area contributed by atoms with Gasteiger partial charge in [-0.25, -0.2) is 9.50 Å². The fraction of sp³-hybridized carbons (Fsp3) is 0.345. The molecule has 2 aliphatic rings. The maximum absolute atomic E-state index is 12.6. The molecular weight excluding hydrogens is 494 g/mol. The molecule has 39 heavy (non-hydrogen) atoms. The van der Waals surface area contributed by atoms with Gasteiger partial charge in [0, 0.05) is 49.4 Å². The van der Waals surface area contributed by atoms with Crippen LogP contribution < -0.4 is 16.0 Å².